The summed E-state index contributed by atoms with van der Waals surface area (Å²) < 4.78 is 23.1. The van der Waals surface area contributed by atoms with Crippen LogP contribution in [0.5, 0.6) is 0 Å². The third-order valence-electron chi connectivity index (χ3n) is 8.05. The Morgan fingerprint density at radius 2 is 1.82 bits per heavy atom. The summed E-state index contributed by atoms with van der Waals surface area (Å²) in [5.74, 6) is 1.73. The van der Waals surface area contributed by atoms with Gasteiger partial charge in [0.25, 0.3) is 5.91 Å². The highest BCUT2D eigenvalue weighted by atomic mass is 32.2. The number of likely N-dealkylation sites (tertiary alicyclic amines) is 1. The summed E-state index contributed by atoms with van der Waals surface area (Å²) in [5.41, 5.74) is 1.01. The summed E-state index contributed by atoms with van der Waals surface area (Å²) in [6.07, 6.45) is 14.8. The molecule has 1 saturated heterocycles. The molecule has 0 radical (unpaired) electrons. The molecule has 2 fully saturated rings. The normalized spacial score (nSPS) is 22.3. The number of carbonyl (C=O) groups is 2. The quantitative estimate of drug-likeness (QED) is 0.147. The van der Waals surface area contributed by atoms with Crippen molar-refractivity contribution in [2.75, 3.05) is 38.2 Å². The third-order valence-corrected chi connectivity index (χ3v) is 8.97. The van der Waals surface area contributed by atoms with Crippen molar-refractivity contribution in [3.05, 3.63) is 35.7 Å². The zero-order valence-electron chi connectivity index (χ0n) is 27.8. The fourth-order valence-electron chi connectivity index (χ4n) is 5.91. The second-order valence-corrected chi connectivity index (χ2v) is 13.8. The molecule has 10 nitrogen and oxygen atoms in total. The van der Waals surface area contributed by atoms with Crippen molar-refractivity contribution >= 4 is 39.5 Å². The Balaban J connectivity index is 0.00000330. The molecular formula is C33H54N6O4S. The molecule has 1 unspecified atom stereocenters. The number of amides is 1. The second kappa shape index (κ2) is 18.8. The fraction of sp³-hybridized carbons (Fsp3) is 0.667. The molecule has 1 atom stereocenters. The van der Waals surface area contributed by atoms with E-state index >= 15 is 0 Å². The van der Waals surface area contributed by atoms with E-state index in [1.54, 1.807) is 17.1 Å². The number of ketones is 1. The molecule has 0 aromatic carbocycles. The Bertz CT molecular complexity index is 1260. The standard InChI is InChI=1S/C31H48N6O4S.C2H6/c1-6-11-27(33-17-15-25-12-10-18-36(19-16-25)20-21-42(5,40)41)34-31(32-7-2)35-28-22-23(3)29(24(4)38)30(39)37(28)26-13-8-9-14-26;1-2/h6,11,17,25-26H,1,7-10,12-16,18-22H2,2-5H3,(H,32,34);1-2H3/b27-11+,33-17-,35-28+;. The van der Waals surface area contributed by atoms with E-state index in [1.165, 1.54) is 13.2 Å². The van der Waals surface area contributed by atoms with Gasteiger partial charge in [-0.1, -0.05) is 39.3 Å². The van der Waals surface area contributed by atoms with Crippen LogP contribution >= 0.6 is 0 Å². The third kappa shape index (κ3) is 11.9. The number of amidine groups is 1. The first-order valence-corrected chi connectivity index (χ1v) is 18.3. The van der Waals surface area contributed by atoms with Gasteiger partial charge in [-0.2, -0.15) is 4.99 Å². The predicted molar refractivity (Wildman–Crippen MR) is 182 cm³/mol. The molecule has 3 aliphatic rings. The number of guanidine groups is 1. The van der Waals surface area contributed by atoms with Crippen molar-refractivity contribution < 1.29 is 18.0 Å². The maximum absolute atomic E-state index is 13.5. The van der Waals surface area contributed by atoms with Crippen LogP contribution in [0.2, 0.25) is 0 Å². The zero-order chi connectivity index (χ0) is 32.7. The average Bonchev–Trinajstić information content (AvgIpc) is 3.38. The van der Waals surface area contributed by atoms with Crippen LogP contribution in [-0.4, -0.2) is 92.1 Å². The minimum Gasteiger partial charge on any atom is -0.309 e. The molecule has 2 heterocycles. The second-order valence-electron chi connectivity index (χ2n) is 11.6. The number of rotatable bonds is 11. The maximum Gasteiger partial charge on any atom is 0.263 e. The summed E-state index contributed by atoms with van der Waals surface area (Å²) in [5, 5.41) is 3.23. The van der Waals surface area contributed by atoms with Gasteiger partial charge < -0.3 is 10.2 Å². The van der Waals surface area contributed by atoms with Crippen molar-refractivity contribution in [2.24, 2.45) is 20.9 Å². The molecule has 1 saturated carbocycles. The number of sulfone groups is 1. The number of hydrogen-bond donors (Lipinski definition) is 1. The lowest BCUT2D eigenvalue weighted by Crippen LogP contribution is -2.48. The van der Waals surface area contributed by atoms with Gasteiger partial charge in [-0.15, -0.1) is 0 Å². The molecule has 3 rings (SSSR count). The molecule has 1 aliphatic carbocycles. The number of allylic oxidation sites excluding steroid dienone is 2. The Labute approximate surface area is 265 Å². The number of hydrogen-bond acceptors (Lipinski definition) is 7. The molecule has 246 valence electrons. The van der Waals surface area contributed by atoms with Crippen LogP contribution in [0.1, 0.15) is 92.4 Å². The summed E-state index contributed by atoms with van der Waals surface area (Å²) in [4.78, 5) is 43.8. The maximum atomic E-state index is 13.5. The monoisotopic (exact) mass is 630 g/mol. The molecule has 0 spiro atoms. The van der Waals surface area contributed by atoms with Gasteiger partial charge in [-0.05, 0) is 90.0 Å². The average molecular weight is 631 g/mol. The minimum absolute atomic E-state index is 0.0321. The van der Waals surface area contributed by atoms with Gasteiger partial charge in [0.1, 0.15) is 21.5 Å². The van der Waals surface area contributed by atoms with Crippen molar-refractivity contribution in [3.63, 3.8) is 0 Å². The van der Waals surface area contributed by atoms with Crippen LogP contribution in [0.3, 0.4) is 0 Å². The predicted octanol–water partition coefficient (Wildman–Crippen LogP) is 5.09. The largest absolute Gasteiger partial charge is 0.309 e. The van der Waals surface area contributed by atoms with Gasteiger partial charge in [0.2, 0.25) is 5.96 Å². The number of aliphatic imine (C=N–C) groups is 3. The molecule has 11 heteroatoms. The molecule has 0 aromatic heterocycles. The van der Waals surface area contributed by atoms with Gasteiger partial charge in [0.05, 0.1) is 11.3 Å². The minimum atomic E-state index is -2.96. The molecular weight excluding hydrogens is 576 g/mol. The molecule has 2 aliphatic heterocycles. The van der Waals surface area contributed by atoms with E-state index in [-0.39, 0.29) is 29.1 Å². The Hall–Kier alpha value is -2.92. The highest BCUT2D eigenvalue weighted by molar-refractivity contribution is 7.90. The van der Waals surface area contributed by atoms with E-state index in [1.807, 2.05) is 33.9 Å². The Morgan fingerprint density at radius 1 is 1.11 bits per heavy atom. The van der Waals surface area contributed by atoms with Crippen molar-refractivity contribution in [1.29, 1.82) is 0 Å². The Kier molecular flexibility index (Phi) is 15.9. The number of Topliss-reactive ketones (excluding diaryl/α,β-unsaturated/α-hetero) is 1. The smallest absolute Gasteiger partial charge is 0.263 e. The topological polar surface area (TPSA) is 124 Å². The van der Waals surface area contributed by atoms with Crippen molar-refractivity contribution in [1.82, 2.24) is 15.1 Å². The highest BCUT2D eigenvalue weighted by Gasteiger charge is 2.38. The molecule has 0 bridgehead atoms. The lowest BCUT2D eigenvalue weighted by Gasteiger charge is -2.34. The van der Waals surface area contributed by atoms with Crippen LogP contribution in [0.15, 0.2) is 50.7 Å². The lowest BCUT2D eigenvalue weighted by molar-refractivity contribution is -0.128. The SMILES string of the molecule is C=C/C=C(\N=C/CC1CCCN(CCS(C)(=O)=O)CC1)NC(=NCC)/N=C1\CC(C)=C(C(C)=O)C(=O)N1C1CCCC1.CC. The van der Waals surface area contributed by atoms with E-state index in [0.29, 0.717) is 43.0 Å². The zero-order valence-corrected chi connectivity index (χ0v) is 28.6. The first-order valence-electron chi connectivity index (χ1n) is 16.2. The van der Waals surface area contributed by atoms with Gasteiger partial charge >= 0.3 is 0 Å². The lowest BCUT2D eigenvalue weighted by atomic mass is 9.95. The summed E-state index contributed by atoms with van der Waals surface area (Å²) in [7, 11) is -2.96. The van der Waals surface area contributed by atoms with Crippen molar-refractivity contribution in [3.8, 4) is 0 Å². The summed E-state index contributed by atoms with van der Waals surface area (Å²) >= 11 is 0. The number of nitrogens with one attached hydrogen (secondary N) is 1. The summed E-state index contributed by atoms with van der Waals surface area (Å²) in [6, 6.07) is 0.0321. The molecule has 44 heavy (non-hydrogen) atoms. The molecule has 1 amide bonds. The van der Waals surface area contributed by atoms with E-state index in [4.69, 9.17) is 4.99 Å². The van der Waals surface area contributed by atoms with Crippen LogP contribution in [0, 0.1) is 5.92 Å². The van der Waals surface area contributed by atoms with Crippen LogP contribution < -0.4 is 5.32 Å². The molecule has 1 N–H and O–H groups in total. The van der Waals surface area contributed by atoms with E-state index in [0.717, 1.165) is 70.0 Å². The number of carbonyl (C=O) groups excluding carboxylic acids is 2. The van der Waals surface area contributed by atoms with E-state index in [9.17, 15) is 18.0 Å². The van der Waals surface area contributed by atoms with Gasteiger partial charge in [-0.25, -0.2) is 13.4 Å². The van der Waals surface area contributed by atoms with Crippen molar-refractivity contribution in [2.45, 2.75) is 98.4 Å². The van der Waals surface area contributed by atoms with Crippen LogP contribution in [-0.2, 0) is 19.4 Å². The van der Waals surface area contributed by atoms with Gasteiger partial charge in [-0.3, -0.25) is 19.5 Å². The Morgan fingerprint density at radius 3 is 2.43 bits per heavy atom. The van der Waals surface area contributed by atoms with Gasteiger partial charge in [0, 0.05) is 38.0 Å². The fourth-order valence-corrected chi connectivity index (χ4v) is 6.50. The van der Waals surface area contributed by atoms with Gasteiger partial charge in [0.15, 0.2) is 5.78 Å². The highest BCUT2D eigenvalue weighted by Crippen LogP contribution is 2.31. The van der Waals surface area contributed by atoms with Crippen LogP contribution in [0.4, 0.5) is 0 Å². The first-order chi connectivity index (χ1) is 21.0. The van der Waals surface area contributed by atoms with E-state index in [2.05, 4.69) is 26.8 Å². The van der Waals surface area contributed by atoms with E-state index < -0.39 is 9.84 Å². The number of nitrogens with zero attached hydrogens (tertiary/aromatic N) is 5. The first kappa shape index (κ1) is 37.3. The molecule has 0 aromatic rings. The van der Waals surface area contributed by atoms with Crippen LogP contribution in [0.25, 0.3) is 0 Å². The summed E-state index contributed by atoms with van der Waals surface area (Å²) in [6.45, 7) is 15.9.